The first-order valence-electron chi connectivity index (χ1n) is 5.30. The van der Waals surface area contributed by atoms with Crippen LogP contribution in [0.2, 0.25) is 5.02 Å². The molecule has 18 heavy (non-hydrogen) atoms. The molecule has 3 N–H and O–H groups in total. The highest BCUT2D eigenvalue weighted by atomic mass is 35.5. The number of pyridine rings is 1. The van der Waals surface area contributed by atoms with Crippen LogP contribution in [-0.4, -0.2) is 39.9 Å². The summed E-state index contributed by atoms with van der Waals surface area (Å²) in [5, 5.41) is 11.8. The molecule has 1 unspecified atom stereocenters. The molecule has 1 amide bonds. The number of carbonyl (C=O) groups is 1. The van der Waals surface area contributed by atoms with Crippen LogP contribution in [0.1, 0.15) is 23.8 Å². The summed E-state index contributed by atoms with van der Waals surface area (Å²) >= 11 is 5.70. The minimum atomic E-state index is -0.245. The van der Waals surface area contributed by atoms with Crippen LogP contribution >= 0.6 is 11.6 Å². The summed E-state index contributed by atoms with van der Waals surface area (Å²) in [7, 11) is 1.63. The molecule has 6 nitrogen and oxygen atoms in total. The van der Waals surface area contributed by atoms with Gasteiger partial charge >= 0.3 is 0 Å². The third-order valence-corrected chi connectivity index (χ3v) is 2.78. The summed E-state index contributed by atoms with van der Waals surface area (Å²) in [4.78, 5) is 17.5. The lowest BCUT2D eigenvalue weighted by molar-refractivity contribution is 0.0741. The van der Waals surface area contributed by atoms with Gasteiger partial charge in [0.25, 0.3) is 5.91 Å². The maximum atomic E-state index is 12.0. The van der Waals surface area contributed by atoms with Gasteiger partial charge in [-0.2, -0.15) is 0 Å². The van der Waals surface area contributed by atoms with Gasteiger partial charge in [0.05, 0.1) is 5.02 Å². The lowest BCUT2D eigenvalue weighted by Gasteiger charge is -2.24. The van der Waals surface area contributed by atoms with Crippen LogP contribution in [0.25, 0.3) is 0 Å². The summed E-state index contributed by atoms with van der Waals surface area (Å²) in [6.45, 7) is 1.80. The monoisotopic (exact) mass is 270 g/mol. The number of nitrogens with zero attached hydrogens (tertiary/aromatic N) is 3. The summed E-state index contributed by atoms with van der Waals surface area (Å²) in [6.07, 6.45) is 1.70. The zero-order valence-corrected chi connectivity index (χ0v) is 10.9. The van der Waals surface area contributed by atoms with E-state index in [2.05, 4.69) is 10.1 Å². The number of aromatic nitrogens is 1. The molecule has 0 saturated heterocycles. The van der Waals surface area contributed by atoms with Crippen LogP contribution in [0, 0.1) is 0 Å². The van der Waals surface area contributed by atoms with Gasteiger partial charge in [-0.1, -0.05) is 16.8 Å². The lowest BCUT2D eigenvalue weighted by Crippen LogP contribution is -2.38. The average molecular weight is 271 g/mol. The molecule has 0 spiro atoms. The molecule has 1 atom stereocenters. The van der Waals surface area contributed by atoms with Crippen LogP contribution in [0.3, 0.4) is 0 Å². The third-order valence-electron chi connectivity index (χ3n) is 2.56. The number of amides is 1. The first-order chi connectivity index (χ1) is 8.45. The Balaban J connectivity index is 2.74. The highest BCUT2D eigenvalue weighted by molar-refractivity contribution is 6.30. The number of amidine groups is 1. The maximum absolute atomic E-state index is 12.0. The van der Waals surface area contributed by atoms with E-state index < -0.39 is 0 Å². The quantitative estimate of drug-likeness (QED) is 0.374. The minimum absolute atomic E-state index is 0.0752. The normalized spacial score (nSPS) is 13.2. The largest absolute Gasteiger partial charge is 0.409 e. The van der Waals surface area contributed by atoms with Crippen molar-refractivity contribution in [3.05, 3.63) is 29.0 Å². The van der Waals surface area contributed by atoms with E-state index in [4.69, 9.17) is 22.5 Å². The fourth-order valence-electron chi connectivity index (χ4n) is 1.36. The molecule has 0 aromatic carbocycles. The topological polar surface area (TPSA) is 91.8 Å². The predicted octanol–water partition coefficient (Wildman–Crippen LogP) is 1.33. The number of carbonyl (C=O) groups excluding carboxylic acids is 1. The molecule has 1 aromatic rings. The van der Waals surface area contributed by atoms with E-state index in [0.717, 1.165) is 0 Å². The van der Waals surface area contributed by atoms with E-state index >= 15 is 0 Å². The van der Waals surface area contributed by atoms with Crippen LogP contribution in [0.4, 0.5) is 0 Å². The second-order valence-corrected chi connectivity index (χ2v) is 4.36. The Morgan fingerprint density at radius 2 is 2.33 bits per heavy atom. The Bertz CT molecular complexity index is 447. The number of halogens is 1. The number of oxime groups is 1. The molecular weight excluding hydrogens is 256 g/mol. The highest BCUT2D eigenvalue weighted by Gasteiger charge is 2.19. The Morgan fingerprint density at radius 3 is 2.83 bits per heavy atom. The van der Waals surface area contributed by atoms with Crippen molar-refractivity contribution in [1.29, 1.82) is 0 Å². The van der Waals surface area contributed by atoms with Gasteiger partial charge in [0.1, 0.15) is 11.5 Å². The highest BCUT2D eigenvalue weighted by Crippen LogP contribution is 2.10. The first-order valence-corrected chi connectivity index (χ1v) is 5.68. The van der Waals surface area contributed by atoms with Crippen molar-refractivity contribution in [3.63, 3.8) is 0 Å². The van der Waals surface area contributed by atoms with Gasteiger partial charge in [-0.3, -0.25) is 4.79 Å². The fraction of sp³-hybridized carbons (Fsp3) is 0.364. The van der Waals surface area contributed by atoms with Gasteiger partial charge < -0.3 is 15.8 Å². The van der Waals surface area contributed by atoms with Crippen LogP contribution in [0.5, 0.6) is 0 Å². The molecule has 7 heteroatoms. The second kappa shape index (κ2) is 6.20. The van der Waals surface area contributed by atoms with E-state index in [-0.39, 0.29) is 24.2 Å². The first kappa shape index (κ1) is 14.2. The SMILES string of the molecule is CC(CC(N)=NO)N(C)C(=O)c1ccc(Cl)cn1. The van der Waals surface area contributed by atoms with Gasteiger partial charge in [-0.15, -0.1) is 0 Å². The second-order valence-electron chi connectivity index (χ2n) is 3.92. The molecule has 0 fully saturated rings. The van der Waals surface area contributed by atoms with Crippen molar-refractivity contribution in [2.75, 3.05) is 7.05 Å². The standard InChI is InChI=1S/C11H15ClN4O2/c1-7(5-10(13)15-18)16(2)11(17)9-4-3-8(12)6-14-9/h3-4,6-7,18H,5H2,1-2H3,(H2,13,15). The van der Waals surface area contributed by atoms with Crippen molar-refractivity contribution in [1.82, 2.24) is 9.88 Å². The zero-order valence-electron chi connectivity index (χ0n) is 10.2. The van der Waals surface area contributed by atoms with E-state index in [9.17, 15) is 4.79 Å². The molecule has 1 aromatic heterocycles. The molecule has 0 aliphatic heterocycles. The summed E-state index contributed by atoms with van der Waals surface area (Å²) < 4.78 is 0. The average Bonchev–Trinajstić information content (AvgIpc) is 2.37. The molecular formula is C11H15ClN4O2. The molecule has 0 bridgehead atoms. The maximum Gasteiger partial charge on any atom is 0.272 e. The summed E-state index contributed by atoms with van der Waals surface area (Å²) in [5.74, 6) is -0.170. The van der Waals surface area contributed by atoms with Crippen LogP contribution in [-0.2, 0) is 0 Å². The van der Waals surface area contributed by atoms with Gasteiger partial charge in [0.15, 0.2) is 0 Å². The Hall–Kier alpha value is -1.82. The van der Waals surface area contributed by atoms with Crippen molar-refractivity contribution in [3.8, 4) is 0 Å². The van der Waals surface area contributed by atoms with E-state index in [1.54, 1.807) is 26.1 Å². The Labute approximate surface area is 110 Å². The smallest absolute Gasteiger partial charge is 0.272 e. The molecule has 0 saturated carbocycles. The minimum Gasteiger partial charge on any atom is -0.409 e. The van der Waals surface area contributed by atoms with Gasteiger partial charge in [-0.05, 0) is 19.1 Å². The molecule has 1 rings (SSSR count). The van der Waals surface area contributed by atoms with Gasteiger partial charge in [0.2, 0.25) is 0 Å². The number of hydrogen-bond donors (Lipinski definition) is 2. The van der Waals surface area contributed by atoms with Crippen molar-refractivity contribution >= 4 is 23.3 Å². The Kier molecular flexibility index (Phi) is 4.91. The van der Waals surface area contributed by atoms with Crippen molar-refractivity contribution in [2.24, 2.45) is 10.9 Å². The zero-order chi connectivity index (χ0) is 13.7. The summed E-state index contributed by atoms with van der Waals surface area (Å²) in [5.41, 5.74) is 5.70. The molecule has 0 aliphatic rings. The lowest BCUT2D eigenvalue weighted by atomic mass is 10.2. The number of hydrogen-bond acceptors (Lipinski definition) is 4. The molecule has 0 aliphatic carbocycles. The predicted molar refractivity (Wildman–Crippen MR) is 68.8 cm³/mol. The third kappa shape index (κ3) is 3.59. The molecule has 1 heterocycles. The van der Waals surface area contributed by atoms with Crippen molar-refractivity contribution < 1.29 is 10.0 Å². The fourth-order valence-corrected chi connectivity index (χ4v) is 1.48. The summed E-state index contributed by atoms with van der Waals surface area (Å²) in [6, 6.07) is 2.95. The van der Waals surface area contributed by atoms with E-state index in [1.165, 1.54) is 11.1 Å². The van der Waals surface area contributed by atoms with Gasteiger partial charge in [0, 0.05) is 25.7 Å². The van der Waals surface area contributed by atoms with E-state index in [0.29, 0.717) is 10.7 Å². The number of nitrogens with two attached hydrogens (primary N) is 1. The molecule has 0 radical (unpaired) electrons. The van der Waals surface area contributed by atoms with Crippen LogP contribution in [0.15, 0.2) is 23.5 Å². The van der Waals surface area contributed by atoms with Crippen molar-refractivity contribution in [2.45, 2.75) is 19.4 Å². The van der Waals surface area contributed by atoms with Gasteiger partial charge in [-0.25, -0.2) is 4.98 Å². The van der Waals surface area contributed by atoms with Crippen LogP contribution < -0.4 is 5.73 Å². The van der Waals surface area contributed by atoms with E-state index in [1.807, 2.05) is 0 Å². The number of rotatable bonds is 4. The molecule has 98 valence electrons. The Morgan fingerprint density at radius 1 is 1.67 bits per heavy atom.